The number of carbonyl (C=O) groups excluding carboxylic acids is 3. The van der Waals surface area contributed by atoms with Gasteiger partial charge in [-0.25, -0.2) is 4.79 Å². The Labute approximate surface area is 199 Å². The topological polar surface area (TPSA) is 94.2 Å². The molecule has 2 heterocycles. The minimum Gasteiger partial charge on any atom is -0.464 e. The van der Waals surface area contributed by atoms with Crippen molar-refractivity contribution in [3.63, 3.8) is 0 Å². The second-order valence-corrected chi connectivity index (χ2v) is 10.3. The third kappa shape index (κ3) is 5.05. The number of carbonyl (C=O) groups is 3. The van der Waals surface area contributed by atoms with Gasteiger partial charge in [-0.05, 0) is 33.3 Å². The van der Waals surface area contributed by atoms with Crippen molar-refractivity contribution in [3.8, 4) is 0 Å². The third-order valence-corrected chi connectivity index (χ3v) is 7.84. The van der Waals surface area contributed by atoms with Gasteiger partial charge in [0, 0.05) is 24.4 Å². The Kier molecular flexibility index (Phi) is 8.42. The van der Waals surface area contributed by atoms with Crippen LogP contribution in [-0.2, 0) is 35.0 Å². The summed E-state index contributed by atoms with van der Waals surface area (Å²) >= 11 is 1.52. The Morgan fingerprint density at radius 1 is 1.06 bits per heavy atom. The minimum absolute atomic E-state index is 0.197. The Balaban J connectivity index is 1.72. The number of hydrogen-bond donors (Lipinski definition) is 1. The van der Waals surface area contributed by atoms with Crippen molar-refractivity contribution in [3.05, 3.63) is 35.9 Å². The van der Waals surface area contributed by atoms with Crippen LogP contribution in [0.5, 0.6) is 0 Å². The molecule has 2 aliphatic heterocycles. The second kappa shape index (κ2) is 10.9. The van der Waals surface area contributed by atoms with Gasteiger partial charge in [0.2, 0.25) is 11.8 Å². The zero-order valence-electron chi connectivity index (χ0n) is 19.8. The van der Waals surface area contributed by atoms with Crippen LogP contribution in [0.1, 0.15) is 39.7 Å². The molecular weight excluding hydrogens is 444 g/mol. The maximum absolute atomic E-state index is 13.3. The number of rotatable bonds is 12. The molecule has 0 aromatic heterocycles. The van der Waals surface area contributed by atoms with Crippen LogP contribution in [-0.4, -0.2) is 77.4 Å². The van der Waals surface area contributed by atoms with E-state index in [1.165, 1.54) is 11.8 Å². The molecule has 0 saturated carbocycles. The van der Waals surface area contributed by atoms with Crippen LogP contribution < -0.4 is 5.32 Å². The van der Waals surface area contributed by atoms with E-state index in [2.05, 4.69) is 5.32 Å². The fourth-order valence-electron chi connectivity index (χ4n) is 4.52. The summed E-state index contributed by atoms with van der Waals surface area (Å²) in [6.07, 6.45) is 0.507. The van der Waals surface area contributed by atoms with Crippen LogP contribution in [0.4, 0.5) is 0 Å². The number of hydrogen-bond acceptors (Lipinski definition) is 7. The SMILES string of the molecule is CCOCCOCC[C@@]1(C(=O)OCC)N2C(=O)[C@@H](NC(=O)Cc3ccccc3)[C@H]2SC1(C)C. The summed E-state index contributed by atoms with van der Waals surface area (Å²) in [5.74, 6) is -0.909. The summed E-state index contributed by atoms with van der Waals surface area (Å²) in [7, 11) is 0. The van der Waals surface area contributed by atoms with Crippen molar-refractivity contribution >= 4 is 29.5 Å². The molecule has 182 valence electrons. The second-order valence-electron chi connectivity index (χ2n) is 8.57. The van der Waals surface area contributed by atoms with E-state index < -0.39 is 22.3 Å². The van der Waals surface area contributed by atoms with Gasteiger partial charge in [-0.1, -0.05) is 30.3 Å². The van der Waals surface area contributed by atoms with Gasteiger partial charge in [-0.3, -0.25) is 9.59 Å². The molecule has 0 unspecified atom stereocenters. The zero-order chi connectivity index (χ0) is 24.1. The average Bonchev–Trinajstić information content (AvgIpc) is 3.00. The highest BCUT2D eigenvalue weighted by Crippen LogP contribution is 2.58. The predicted octanol–water partition coefficient (Wildman–Crippen LogP) is 2.15. The van der Waals surface area contributed by atoms with E-state index >= 15 is 0 Å². The maximum Gasteiger partial charge on any atom is 0.333 e. The molecule has 8 nitrogen and oxygen atoms in total. The minimum atomic E-state index is -1.16. The fourth-order valence-corrected chi connectivity index (χ4v) is 6.31. The summed E-state index contributed by atoms with van der Waals surface area (Å²) in [4.78, 5) is 40.7. The maximum atomic E-state index is 13.3. The third-order valence-electron chi connectivity index (χ3n) is 6.19. The zero-order valence-corrected chi connectivity index (χ0v) is 20.6. The number of ether oxygens (including phenoxy) is 3. The highest BCUT2D eigenvalue weighted by Gasteiger charge is 2.72. The molecular formula is C24H34N2O6S. The standard InChI is InChI=1S/C24H34N2O6S/c1-5-30-14-15-31-13-12-24(22(29)32-6-2)23(3,4)33-21-19(20(28)26(21)24)25-18(27)16-17-10-8-7-9-11-17/h7-11,19,21H,5-6,12-16H2,1-4H3,(H,25,27)/t19-,21-,24+/m1/s1. The largest absolute Gasteiger partial charge is 0.464 e. The van der Waals surface area contributed by atoms with Crippen LogP contribution in [0.15, 0.2) is 30.3 Å². The summed E-state index contributed by atoms with van der Waals surface area (Å²) in [6.45, 7) is 9.57. The molecule has 0 spiro atoms. The first kappa shape index (κ1) is 25.5. The van der Waals surface area contributed by atoms with Gasteiger partial charge in [0.05, 0.1) is 26.2 Å². The smallest absolute Gasteiger partial charge is 0.333 e. The first-order valence-electron chi connectivity index (χ1n) is 11.5. The molecule has 2 saturated heterocycles. The van der Waals surface area contributed by atoms with Gasteiger partial charge in [-0.2, -0.15) is 0 Å². The number of esters is 1. The molecule has 33 heavy (non-hydrogen) atoms. The molecule has 1 aromatic carbocycles. The van der Waals surface area contributed by atoms with Crippen molar-refractivity contribution in [2.45, 2.75) is 62.2 Å². The first-order chi connectivity index (χ1) is 15.8. The molecule has 3 rings (SSSR count). The van der Waals surface area contributed by atoms with E-state index in [4.69, 9.17) is 14.2 Å². The lowest BCUT2D eigenvalue weighted by Crippen LogP contribution is -2.76. The Morgan fingerprint density at radius 2 is 1.76 bits per heavy atom. The average molecular weight is 479 g/mol. The van der Waals surface area contributed by atoms with Crippen molar-refractivity contribution in [1.82, 2.24) is 10.2 Å². The number of β-lactam (4-membered cyclic amide) rings is 1. The van der Waals surface area contributed by atoms with E-state index in [-0.39, 0.29) is 36.8 Å². The fraction of sp³-hybridized carbons (Fsp3) is 0.625. The Bertz CT molecular complexity index is 849. The number of nitrogens with one attached hydrogen (secondary N) is 1. The molecule has 3 atom stereocenters. The predicted molar refractivity (Wildman–Crippen MR) is 126 cm³/mol. The van der Waals surface area contributed by atoms with Gasteiger partial charge in [0.1, 0.15) is 11.4 Å². The number of amides is 2. The van der Waals surface area contributed by atoms with Crippen LogP contribution in [0, 0.1) is 0 Å². The number of nitrogens with zero attached hydrogens (tertiary/aromatic N) is 1. The van der Waals surface area contributed by atoms with Crippen LogP contribution in [0.2, 0.25) is 0 Å². The highest BCUT2D eigenvalue weighted by molar-refractivity contribution is 8.01. The quantitative estimate of drug-likeness (QED) is 0.279. The summed E-state index contributed by atoms with van der Waals surface area (Å²) in [6, 6.07) is 8.72. The molecule has 2 amide bonds. The van der Waals surface area contributed by atoms with Gasteiger partial charge < -0.3 is 24.4 Å². The summed E-state index contributed by atoms with van der Waals surface area (Å²) in [5, 5.41) is 2.54. The molecule has 0 aliphatic carbocycles. The number of thioether (sulfide) groups is 1. The van der Waals surface area contributed by atoms with Crippen molar-refractivity contribution < 1.29 is 28.6 Å². The normalized spacial score (nSPS) is 25.3. The lowest BCUT2D eigenvalue weighted by atomic mass is 9.78. The van der Waals surface area contributed by atoms with Crippen molar-refractivity contribution in [2.24, 2.45) is 0 Å². The number of benzene rings is 1. The summed E-state index contributed by atoms with van der Waals surface area (Å²) < 4.78 is 15.8. The van der Waals surface area contributed by atoms with E-state index in [0.29, 0.717) is 26.2 Å². The molecule has 2 fully saturated rings. The van der Waals surface area contributed by atoms with Gasteiger partial charge in [0.25, 0.3) is 0 Å². The van der Waals surface area contributed by atoms with Crippen LogP contribution >= 0.6 is 11.8 Å². The lowest BCUT2D eigenvalue weighted by molar-refractivity contribution is -0.177. The van der Waals surface area contributed by atoms with E-state index in [0.717, 1.165) is 5.56 Å². The molecule has 1 aromatic rings. The Morgan fingerprint density at radius 3 is 2.42 bits per heavy atom. The Hall–Kier alpha value is -2.10. The van der Waals surface area contributed by atoms with E-state index in [1.807, 2.05) is 51.1 Å². The van der Waals surface area contributed by atoms with Crippen molar-refractivity contribution in [2.75, 3.05) is 33.0 Å². The van der Waals surface area contributed by atoms with Crippen LogP contribution in [0.25, 0.3) is 0 Å². The first-order valence-corrected chi connectivity index (χ1v) is 12.3. The van der Waals surface area contributed by atoms with Crippen molar-refractivity contribution in [1.29, 1.82) is 0 Å². The lowest BCUT2D eigenvalue weighted by Gasteiger charge is -2.50. The summed E-state index contributed by atoms with van der Waals surface area (Å²) in [5.41, 5.74) is -0.287. The molecule has 0 bridgehead atoms. The molecule has 2 aliphatic rings. The van der Waals surface area contributed by atoms with Crippen LogP contribution in [0.3, 0.4) is 0 Å². The van der Waals surface area contributed by atoms with Gasteiger partial charge >= 0.3 is 5.97 Å². The number of fused-ring (bicyclic) bond motifs is 1. The molecule has 9 heteroatoms. The highest BCUT2D eigenvalue weighted by atomic mass is 32.2. The van der Waals surface area contributed by atoms with Gasteiger partial charge in [-0.15, -0.1) is 11.8 Å². The monoisotopic (exact) mass is 478 g/mol. The molecule has 1 N–H and O–H groups in total. The van der Waals surface area contributed by atoms with E-state index in [9.17, 15) is 14.4 Å². The molecule has 0 radical (unpaired) electrons. The van der Waals surface area contributed by atoms with Gasteiger partial charge in [0.15, 0.2) is 5.54 Å². The van der Waals surface area contributed by atoms with E-state index in [1.54, 1.807) is 11.8 Å².